The predicted molar refractivity (Wildman–Crippen MR) is 121 cm³/mol. The van der Waals surface area contributed by atoms with Gasteiger partial charge in [-0.3, -0.25) is 14.6 Å². The van der Waals surface area contributed by atoms with E-state index in [0.29, 0.717) is 36.5 Å². The highest BCUT2D eigenvalue weighted by atomic mass is 16.5. The minimum absolute atomic E-state index is 0.0465. The van der Waals surface area contributed by atoms with Gasteiger partial charge in [0.1, 0.15) is 6.26 Å². The molecule has 32 heavy (non-hydrogen) atoms. The summed E-state index contributed by atoms with van der Waals surface area (Å²) in [5.74, 6) is 1.26. The Balaban J connectivity index is 1.27. The summed E-state index contributed by atoms with van der Waals surface area (Å²) in [5.41, 5.74) is 1.27. The van der Waals surface area contributed by atoms with Gasteiger partial charge in [0, 0.05) is 51.4 Å². The van der Waals surface area contributed by atoms with Crippen LogP contribution < -0.4 is 4.74 Å². The van der Waals surface area contributed by atoms with E-state index in [4.69, 9.17) is 9.15 Å². The van der Waals surface area contributed by atoms with Crippen molar-refractivity contribution in [1.82, 2.24) is 19.7 Å². The summed E-state index contributed by atoms with van der Waals surface area (Å²) >= 11 is 0. The van der Waals surface area contributed by atoms with Crippen LogP contribution in [-0.2, 0) is 13.1 Å². The number of phenolic OH excluding ortho intramolecular Hbond substituents is 1. The van der Waals surface area contributed by atoms with E-state index in [9.17, 15) is 9.90 Å². The van der Waals surface area contributed by atoms with E-state index in [2.05, 4.69) is 14.8 Å². The van der Waals surface area contributed by atoms with Crippen LogP contribution in [0.4, 0.5) is 0 Å². The van der Waals surface area contributed by atoms with Crippen molar-refractivity contribution < 1.29 is 19.1 Å². The Morgan fingerprint density at radius 3 is 2.53 bits per heavy atom. The van der Waals surface area contributed by atoms with Crippen molar-refractivity contribution in [2.24, 2.45) is 0 Å². The van der Waals surface area contributed by atoms with Gasteiger partial charge < -0.3 is 19.2 Å². The molecule has 8 heteroatoms. The van der Waals surface area contributed by atoms with Crippen LogP contribution in [0.15, 0.2) is 28.9 Å². The average Bonchev–Trinajstić information content (AvgIpc) is 3.29. The lowest BCUT2D eigenvalue weighted by Crippen LogP contribution is -2.45. The van der Waals surface area contributed by atoms with Crippen LogP contribution in [0.25, 0.3) is 0 Å². The Bertz CT molecular complexity index is 901. The van der Waals surface area contributed by atoms with Crippen LogP contribution in [0.5, 0.6) is 11.5 Å². The van der Waals surface area contributed by atoms with Crippen LogP contribution in [-0.4, -0.2) is 77.1 Å². The van der Waals surface area contributed by atoms with Crippen molar-refractivity contribution in [2.75, 3.05) is 40.3 Å². The quantitative estimate of drug-likeness (QED) is 0.705. The highest BCUT2D eigenvalue weighted by Gasteiger charge is 2.26. The van der Waals surface area contributed by atoms with E-state index in [1.165, 1.54) is 25.5 Å². The molecule has 1 N–H and O–H groups in total. The lowest BCUT2D eigenvalue weighted by molar-refractivity contribution is 0.0690. The molecule has 174 valence electrons. The molecule has 0 spiro atoms. The normalized spacial score (nSPS) is 18.6. The van der Waals surface area contributed by atoms with Crippen molar-refractivity contribution in [3.8, 4) is 11.5 Å². The standard InChI is InChI=1S/C24H34N4O4/c1-26(19-8-4-3-5-9-19)24(30)20-17-32-22(25-20)16-28-13-11-27(12-14-28)15-18-7-6-10-21(31-2)23(18)29/h6-7,10,17,19,29H,3-5,8-9,11-16H2,1-2H3. The highest BCUT2D eigenvalue weighted by Crippen LogP contribution is 2.30. The van der Waals surface area contributed by atoms with E-state index in [-0.39, 0.29) is 11.7 Å². The number of piperazine rings is 1. The number of oxazole rings is 1. The Labute approximate surface area is 189 Å². The Kier molecular flexibility index (Phi) is 7.32. The van der Waals surface area contributed by atoms with Gasteiger partial charge in [0.15, 0.2) is 17.2 Å². The zero-order valence-electron chi connectivity index (χ0n) is 19.1. The number of carbonyl (C=O) groups is 1. The third-order valence-electron chi connectivity index (χ3n) is 6.73. The van der Waals surface area contributed by atoms with Crippen LogP contribution >= 0.6 is 0 Å². The van der Waals surface area contributed by atoms with E-state index in [0.717, 1.165) is 44.6 Å². The number of para-hydroxylation sites is 1. The summed E-state index contributed by atoms with van der Waals surface area (Å²) in [6.45, 7) is 4.79. The molecule has 2 aromatic rings. The maximum absolute atomic E-state index is 12.8. The summed E-state index contributed by atoms with van der Waals surface area (Å²) < 4.78 is 10.8. The number of carbonyl (C=O) groups excluding carboxylic acids is 1. The summed E-state index contributed by atoms with van der Waals surface area (Å²) in [6.07, 6.45) is 7.29. The maximum Gasteiger partial charge on any atom is 0.275 e. The van der Waals surface area contributed by atoms with Crippen molar-refractivity contribution in [3.63, 3.8) is 0 Å². The third kappa shape index (κ3) is 5.24. The van der Waals surface area contributed by atoms with Gasteiger partial charge in [0.2, 0.25) is 5.89 Å². The van der Waals surface area contributed by atoms with Crippen LogP contribution in [0.2, 0.25) is 0 Å². The van der Waals surface area contributed by atoms with Crippen molar-refractivity contribution in [3.05, 3.63) is 41.6 Å². The molecule has 1 amide bonds. The summed E-state index contributed by atoms with van der Waals surface area (Å²) in [7, 11) is 3.44. The molecule has 1 saturated carbocycles. The Morgan fingerprint density at radius 2 is 1.84 bits per heavy atom. The second kappa shape index (κ2) is 10.4. The van der Waals surface area contributed by atoms with E-state index >= 15 is 0 Å². The topological polar surface area (TPSA) is 82.3 Å². The molecule has 2 fully saturated rings. The number of phenols is 1. The van der Waals surface area contributed by atoms with Crippen LogP contribution in [0.3, 0.4) is 0 Å². The number of aromatic nitrogens is 1. The molecule has 1 saturated heterocycles. The summed E-state index contributed by atoms with van der Waals surface area (Å²) in [6, 6.07) is 5.91. The van der Waals surface area contributed by atoms with E-state index in [1.54, 1.807) is 13.2 Å². The largest absolute Gasteiger partial charge is 0.504 e. The van der Waals surface area contributed by atoms with Crippen molar-refractivity contribution in [2.45, 2.75) is 51.2 Å². The first-order chi connectivity index (χ1) is 15.5. The van der Waals surface area contributed by atoms with Gasteiger partial charge in [0.25, 0.3) is 5.91 Å². The number of aromatic hydroxyl groups is 1. The lowest BCUT2D eigenvalue weighted by atomic mass is 9.94. The third-order valence-corrected chi connectivity index (χ3v) is 6.73. The molecule has 1 aromatic heterocycles. The number of nitrogens with zero attached hydrogens (tertiary/aromatic N) is 4. The molecule has 0 atom stereocenters. The number of methoxy groups -OCH3 is 1. The molecular formula is C24H34N4O4. The molecule has 1 aliphatic heterocycles. The van der Waals surface area contributed by atoms with Crippen LogP contribution in [0.1, 0.15) is 54.0 Å². The smallest absolute Gasteiger partial charge is 0.275 e. The zero-order valence-corrected chi connectivity index (χ0v) is 19.1. The first-order valence-corrected chi connectivity index (χ1v) is 11.6. The van der Waals surface area contributed by atoms with Gasteiger partial charge in [-0.15, -0.1) is 0 Å². The highest BCUT2D eigenvalue weighted by molar-refractivity contribution is 5.92. The lowest BCUT2D eigenvalue weighted by Gasteiger charge is -2.34. The minimum Gasteiger partial charge on any atom is -0.504 e. The molecule has 0 unspecified atom stereocenters. The van der Waals surface area contributed by atoms with Gasteiger partial charge in [-0.25, -0.2) is 4.98 Å². The molecule has 4 rings (SSSR count). The van der Waals surface area contributed by atoms with Crippen molar-refractivity contribution >= 4 is 5.91 Å². The van der Waals surface area contributed by atoms with Crippen LogP contribution in [0, 0.1) is 0 Å². The molecule has 2 aliphatic rings. The van der Waals surface area contributed by atoms with Gasteiger partial charge in [-0.2, -0.15) is 0 Å². The predicted octanol–water partition coefficient (Wildman–Crippen LogP) is 3.11. The molecule has 1 aromatic carbocycles. The Morgan fingerprint density at radius 1 is 1.16 bits per heavy atom. The van der Waals surface area contributed by atoms with E-state index < -0.39 is 0 Å². The monoisotopic (exact) mass is 442 g/mol. The van der Waals surface area contributed by atoms with E-state index in [1.807, 2.05) is 24.1 Å². The molecule has 8 nitrogen and oxygen atoms in total. The fourth-order valence-corrected chi connectivity index (χ4v) is 4.69. The fraction of sp³-hybridized carbons (Fsp3) is 0.583. The number of hydrogen-bond donors (Lipinski definition) is 1. The average molecular weight is 443 g/mol. The minimum atomic E-state index is -0.0465. The second-order valence-electron chi connectivity index (χ2n) is 8.85. The number of hydrogen-bond acceptors (Lipinski definition) is 7. The van der Waals surface area contributed by atoms with Gasteiger partial charge >= 0.3 is 0 Å². The first kappa shape index (κ1) is 22.6. The molecular weight excluding hydrogens is 408 g/mol. The Hall–Kier alpha value is -2.58. The van der Waals surface area contributed by atoms with Gasteiger partial charge in [0.05, 0.1) is 13.7 Å². The number of amides is 1. The number of rotatable bonds is 7. The first-order valence-electron chi connectivity index (χ1n) is 11.6. The van der Waals surface area contributed by atoms with Gasteiger partial charge in [-0.05, 0) is 18.9 Å². The summed E-state index contributed by atoms with van der Waals surface area (Å²) in [5, 5.41) is 10.3. The summed E-state index contributed by atoms with van der Waals surface area (Å²) in [4.78, 5) is 23.7. The zero-order chi connectivity index (χ0) is 22.5. The molecule has 2 heterocycles. The van der Waals surface area contributed by atoms with Crippen molar-refractivity contribution in [1.29, 1.82) is 0 Å². The number of ether oxygens (including phenoxy) is 1. The maximum atomic E-state index is 12.8. The van der Waals surface area contributed by atoms with Gasteiger partial charge in [-0.1, -0.05) is 31.4 Å². The number of benzene rings is 1. The fourth-order valence-electron chi connectivity index (χ4n) is 4.69. The molecule has 0 radical (unpaired) electrons. The molecule has 1 aliphatic carbocycles. The second-order valence-corrected chi connectivity index (χ2v) is 8.85. The SMILES string of the molecule is COc1cccc(CN2CCN(Cc3nc(C(=O)N(C)C4CCCCC4)co3)CC2)c1O. The molecule has 0 bridgehead atoms.